The number of anilines is 2. The first-order valence-electron chi connectivity index (χ1n) is 11.2. The highest BCUT2D eigenvalue weighted by molar-refractivity contribution is 7.13. The molecule has 2 aromatic carbocycles. The number of thiazole rings is 1. The van der Waals surface area contributed by atoms with Crippen molar-refractivity contribution in [1.82, 2.24) is 15.2 Å². The van der Waals surface area contributed by atoms with E-state index in [1.165, 1.54) is 21.1 Å². The van der Waals surface area contributed by atoms with Crippen molar-refractivity contribution in [3.63, 3.8) is 0 Å². The third-order valence-electron chi connectivity index (χ3n) is 5.88. The van der Waals surface area contributed by atoms with Crippen molar-refractivity contribution in [2.75, 3.05) is 11.4 Å². The van der Waals surface area contributed by atoms with E-state index < -0.39 is 12.1 Å². The van der Waals surface area contributed by atoms with Crippen LogP contribution in [0.5, 0.6) is 0 Å². The van der Waals surface area contributed by atoms with Crippen LogP contribution in [0.3, 0.4) is 0 Å². The third-order valence-corrected chi connectivity index (χ3v) is 6.63. The Balaban J connectivity index is 1.29. The molecular weight excluding hydrogens is 452 g/mol. The van der Waals surface area contributed by atoms with E-state index >= 15 is 0 Å². The Labute approximate surface area is 201 Å². The lowest BCUT2D eigenvalue weighted by atomic mass is 10.0. The van der Waals surface area contributed by atoms with Gasteiger partial charge < -0.3 is 10.1 Å². The van der Waals surface area contributed by atoms with Crippen LogP contribution >= 0.6 is 11.3 Å². The van der Waals surface area contributed by atoms with Gasteiger partial charge in [0.05, 0.1) is 5.69 Å². The van der Waals surface area contributed by atoms with E-state index in [9.17, 15) is 14.4 Å². The van der Waals surface area contributed by atoms with E-state index in [1.807, 2.05) is 30.3 Å². The molecule has 1 aliphatic heterocycles. The maximum atomic E-state index is 13.5. The van der Waals surface area contributed by atoms with Crippen molar-refractivity contribution < 1.29 is 19.1 Å². The molecule has 8 nitrogen and oxygen atoms in total. The summed E-state index contributed by atoms with van der Waals surface area (Å²) in [4.78, 5) is 45.8. The van der Waals surface area contributed by atoms with E-state index in [-0.39, 0.29) is 24.5 Å². The van der Waals surface area contributed by atoms with Crippen LogP contribution in [0.4, 0.5) is 15.6 Å². The van der Waals surface area contributed by atoms with Crippen molar-refractivity contribution in [3.05, 3.63) is 77.3 Å². The average molecular weight is 477 g/mol. The Morgan fingerprint density at radius 3 is 2.44 bits per heavy atom. The van der Waals surface area contributed by atoms with Gasteiger partial charge in [-0.1, -0.05) is 30.3 Å². The highest BCUT2D eigenvalue weighted by atomic mass is 32.1. The van der Waals surface area contributed by atoms with Crippen LogP contribution < -0.4 is 10.2 Å². The second-order valence-electron chi connectivity index (χ2n) is 8.32. The number of ether oxygens (including phenoxy) is 1. The highest BCUT2D eigenvalue weighted by Gasteiger charge is 2.42. The Bertz CT molecular complexity index is 1160. The van der Waals surface area contributed by atoms with Gasteiger partial charge in [-0.05, 0) is 49.1 Å². The van der Waals surface area contributed by atoms with E-state index in [0.717, 1.165) is 18.4 Å². The molecule has 1 unspecified atom stereocenters. The van der Waals surface area contributed by atoms with E-state index in [2.05, 4.69) is 10.3 Å². The Hall–Kier alpha value is -3.72. The van der Waals surface area contributed by atoms with Crippen molar-refractivity contribution in [2.24, 2.45) is 0 Å². The number of rotatable bonds is 7. The minimum atomic E-state index is -0.634. The predicted octanol–water partition coefficient (Wildman–Crippen LogP) is 4.11. The topological polar surface area (TPSA) is 91.8 Å². The van der Waals surface area contributed by atoms with Gasteiger partial charge in [-0.2, -0.15) is 0 Å². The van der Waals surface area contributed by atoms with Crippen LogP contribution in [0.25, 0.3) is 0 Å². The molecule has 0 radical (unpaired) electrons. The normalized spacial score (nSPS) is 16.9. The van der Waals surface area contributed by atoms with Crippen molar-refractivity contribution in [2.45, 2.75) is 38.0 Å². The largest absolute Gasteiger partial charge is 0.445 e. The quantitative estimate of drug-likeness (QED) is 0.554. The molecule has 2 fully saturated rings. The second kappa shape index (κ2) is 9.64. The number of nitrogens with one attached hydrogen (secondary N) is 1. The molecule has 1 aliphatic carbocycles. The number of likely N-dealkylation sites (tertiary alicyclic amines) is 1. The number of carbonyl (C=O) groups excluding carboxylic acids is 3. The highest BCUT2D eigenvalue weighted by Crippen LogP contribution is 2.32. The number of amides is 3. The summed E-state index contributed by atoms with van der Waals surface area (Å²) in [6, 6.07) is 15.9. The molecule has 1 saturated carbocycles. The minimum absolute atomic E-state index is 0.118. The Kier molecular flexibility index (Phi) is 6.27. The van der Waals surface area contributed by atoms with Crippen LogP contribution in [0.15, 0.2) is 66.2 Å². The van der Waals surface area contributed by atoms with Crippen LogP contribution in [-0.2, 0) is 16.1 Å². The number of hydrogen-bond acceptors (Lipinski definition) is 6. The summed E-state index contributed by atoms with van der Waals surface area (Å²) in [7, 11) is 0. The summed E-state index contributed by atoms with van der Waals surface area (Å²) in [5.41, 5.74) is 2.01. The van der Waals surface area contributed by atoms with E-state index in [0.29, 0.717) is 29.3 Å². The summed E-state index contributed by atoms with van der Waals surface area (Å²) in [6.45, 7) is 0.605. The number of nitrogens with zero attached hydrogens (tertiary/aromatic N) is 3. The van der Waals surface area contributed by atoms with Gasteiger partial charge in [-0.15, -0.1) is 11.3 Å². The van der Waals surface area contributed by atoms with Gasteiger partial charge in [-0.25, -0.2) is 9.78 Å². The van der Waals surface area contributed by atoms with Gasteiger partial charge in [0.1, 0.15) is 12.6 Å². The summed E-state index contributed by atoms with van der Waals surface area (Å²) >= 11 is 1.33. The maximum absolute atomic E-state index is 13.5. The lowest BCUT2D eigenvalue weighted by molar-refractivity contribution is -0.126. The van der Waals surface area contributed by atoms with Gasteiger partial charge in [-0.3, -0.25) is 19.4 Å². The van der Waals surface area contributed by atoms with Crippen LogP contribution in [-0.4, -0.2) is 46.4 Å². The number of aromatic nitrogens is 1. The zero-order valence-electron chi connectivity index (χ0n) is 18.4. The summed E-state index contributed by atoms with van der Waals surface area (Å²) in [5, 5.41) is 5.26. The van der Waals surface area contributed by atoms with Gasteiger partial charge >= 0.3 is 6.09 Å². The van der Waals surface area contributed by atoms with Gasteiger partial charge in [0.25, 0.3) is 11.8 Å². The lowest BCUT2D eigenvalue weighted by Gasteiger charge is -2.40. The fraction of sp³-hybridized carbons (Fsp3) is 0.280. The molecule has 3 amide bonds. The molecule has 1 saturated heterocycles. The monoisotopic (exact) mass is 476 g/mol. The van der Waals surface area contributed by atoms with Crippen LogP contribution in [0.2, 0.25) is 0 Å². The molecule has 3 aromatic rings. The molecule has 2 heterocycles. The van der Waals surface area contributed by atoms with E-state index in [4.69, 9.17) is 4.74 Å². The average Bonchev–Trinajstić information content (AvgIpc) is 3.48. The first kappa shape index (κ1) is 22.1. The SMILES string of the molecule is O=C(NC1CC1)c1ccc(N(C(=O)C2CCN2C(=O)OCc2ccccc2)c2nccs2)cc1. The standard InChI is InChI=1S/C25H24N4O4S/c30-22(27-19-8-9-19)18-6-10-20(11-7-18)29(24-26-13-15-34-24)23(31)21-12-14-28(21)25(32)33-16-17-4-2-1-3-5-17/h1-7,10-11,13,15,19,21H,8-9,12,14,16H2,(H,27,30). The molecular formula is C25H24N4O4S. The number of hydrogen-bond donors (Lipinski definition) is 1. The predicted molar refractivity (Wildman–Crippen MR) is 128 cm³/mol. The Morgan fingerprint density at radius 1 is 1.06 bits per heavy atom. The number of carbonyl (C=O) groups is 3. The first-order chi connectivity index (χ1) is 16.6. The molecule has 5 rings (SSSR count). The summed E-state index contributed by atoms with van der Waals surface area (Å²) in [6.07, 6.45) is 3.69. The zero-order valence-corrected chi connectivity index (χ0v) is 19.2. The molecule has 2 aliphatic rings. The number of benzene rings is 2. The summed E-state index contributed by atoms with van der Waals surface area (Å²) < 4.78 is 5.43. The zero-order chi connectivity index (χ0) is 23.5. The fourth-order valence-corrected chi connectivity index (χ4v) is 4.40. The van der Waals surface area contributed by atoms with Gasteiger partial charge in [0.2, 0.25) is 0 Å². The van der Waals surface area contributed by atoms with Crippen LogP contribution in [0, 0.1) is 0 Å². The van der Waals surface area contributed by atoms with Crippen molar-refractivity contribution in [1.29, 1.82) is 0 Å². The first-order valence-corrected chi connectivity index (χ1v) is 12.1. The van der Waals surface area contributed by atoms with Crippen LogP contribution in [0.1, 0.15) is 35.2 Å². The Morgan fingerprint density at radius 2 is 1.82 bits per heavy atom. The van der Waals surface area contributed by atoms with Gasteiger partial charge in [0.15, 0.2) is 5.13 Å². The smallest absolute Gasteiger partial charge is 0.410 e. The minimum Gasteiger partial charge on any atom is -0.445 e. The van der Waals surface area contributed by atoms with Crippen molar-refractivity contribution in [3.8, 4) is 0 Å². The van der Waals surface area contributed by atoms with Crippen molar-refractivity contribution >= 4 is 40.1 Å². The molecule has 1 atom stereocenters. The van der Waals surface area contributed by atoms with E-state index in [1.54, 1.807) is 35.8 Å². The molecule has 1 N–H and O–H groups in total. The molecule has 174 valence electrons. The maximum Gasteiger partial charge on any atom is 0.410 e. The molecule has 34 heavy (non-hydrogen) atoms. The fourth-order valence-electron chi connectivity index (χ4n) is 3.73. The summed E-state index contributed by atoms with van der Waals surface area (Å²) in [5.74, 6) is -0.374. The second-order valence-corrected chi connectivity index (χ2v) is 9.19. The molecule has 0 spiro atoms. The molecule has 0 bridgehead atoms. The molecule has 1 aromatic heterocycles. The third kappa shape index (κ3) is 4.79. The molecule has 9 heteroatoms. The van der Waals surface area contributed by atoms with Gasteiger partial charge in [0, 0.05) is 29.7 Å². The lowest BCUT2D eigenvalue weighted by Crippen LogP contribution is -2.58.